The highest BCUT2D eigenvalue weighted by Gasteiger charge is 2.39. The molecule has 0 spiro atoms. The Morgan fingerprint density at radius 2 is 2.21 bits per heavy atom. The lowest BCUT2D eigenvalue weighted by Crippen LogP contribution is -2.53. The van der Waals surface area contributed by atoms with Gasteiger partial charge in [0.05, 0.1) is 18.8 Å². The smallest absolute Gasteiger partial charge is 0.185 e. The summed E-state index contributed by atoms with van der Waals surface area (Å²) in [5.41, 5.74) is 8.28. The van der Waals surface area contributed by atoms with E-state index in [0.717, 1.165) is 0 Å². The molecule has 0 unspecified atom stereocenters. The van der Waals surface area contributed by atoms with Crippen LogP contribution in [0.3, 0.4) is 0 Å². The maximum absolute atomic E-state index is 9.67. The van der Waals surface area contributed by atoms with E-state index in [9.17, 15) is 5.11 Å². The summed E-state index contributed by atoms with van der Waals surface area (Å²) in [5, 5.41) is 13.1. The Morgan fingerprint density at radius 3 is 2.71 bits per heavy atom. The number of methoxy groups -OCH3 is 2. The maximum Gasteiger partial charge on any atom is 0.185 e. The molecule has 7 nitrogen and oxygen atoms in total. The van der Waals surface area contributed by atoms with Crippen molar-refractivity contribution < 1.29 is 19.3 Å². The first-order chi connectivity index (χ1) is 6.74. The topological polar surface area (TPSA) is 96.7 Å². The van der Waals surface area contributed by atoms with Gasteiger partial charge < -0.3 is 19.3 Å². The second-order valence-electron chi connectivity index (χ2n) is 2.90. The van der Waals surface area contributed by atoms with Crippen LogP contribution in [0.1, 0.15) is 0 Å². The van der Waals surface area contributed by atoms with Crippen LogP contribution in [0.5, 0.6) is 0 Å². The van der Waals surface area contributed by atoms with E-state index in [1.165, 1.54) is 14.2 Å². The maximum atomic E-state index is 9.67. The molecule has 0 aromatic carbocycles. The lowest BCUT2D eigenvalue weighted by molar-refractivity contribution is -0.242. The average Bonchev–Trinajstić information content (AvgIpc) is 2.19. The second kappa shape index (κ2) is 5.14. The number of aliphatic hydroxyl groups excluding tert-OH is 1. The van der Waals surface area contributed by atoms with Gasteiger partial charge in [-0.05, 0) is 5.53 Å². The molecule has 1 aliphatic heterocycles. The van der Waals surface area contributed by atoms with Crippen LogP contribution in [0, 0.1) is 0 Å². The Labute approximate surface area is 81.2 Å². The van der Waals surface area contributed by atoms with Crippen LogP contribution in [-0.4, -0.2) is 50.5 Å². The number of nitrogens with zero attached hydrogens (tertiary/aromatic N) is 3. The van der Waals surface area contributed by atoms with Crippen LogP contribution >= 0.6 is 0 Å². The third-order valence-electron chi connectivity index (χ3n) is 2.13. The number of aliphatic hydroxyl groups is 1. The third kappa shape index (κ3) is 2.14. The summed E-state index contributed by atoms with van der Waals surface area (Å²) >= 11 is 0. The second-order valence-corrected chi connectivity index (χ2v) is 2.90. The van der Waals surface area contributed by atoms with Crippen molar-refractivity contribution in [2.75, 3.05) is 20.8 Å². The minimum absolute atomic E-state index is 0.179. The molecular weight excluding hydrogens is 190 g/mol. The first kappa shape index (κ1) is 11.2. The van der Waals surface area contributed by atoms with Crippen molar-refractivity contribution in [3.63, 3.8) is 0 Å². The van der Waals surface area contributed by atoms with Crippen LogP contribution < -0.4 is 0 Å². The van der Waals surface area contributed by atoms with Gasteiger partial charge in [0.2, 0.25) is 0 Å². The standard InChI is InChI=1S/C7H13N3O4/c1-12-6-4(9-10-8)3-14-7(13-2)5(6)11/h4-7,11H,3H2,1-2H3/t4-,5+,6-,7-/m0/s1. The van der Waals surface area contributed by atoms with Gasteiger partial charge in [0, 0.05) is 19.1 Å². The van der Waals surface area contributed by atoms with Crippen molar-refractivity contribution in [3.05, 3.63) is 10.4 Å². The summed E-state index contributed by atoms with van der Waals surface area (Å²) in [4.78, 5) is 2.66. The highest BCUT2D eigenvalue weighted by atomic mass is 16.7. The fraction of sp³-hybridized carbons (Fsp3) is 1.00. The molecule has 1 N–H and O–H groups in total. The fourth-order valence-corrected chi connectivity index (χ4v) is 1.44. The van der Waals surface area contributed by atoms with E-state index in [4.69, 9.17) is 19.7 Å². The van der Waals surface area contributed by atoms with Crippen LogP contribution in [0.25, 0.3) is 10.4 Å². The van der Waals surface area contributed by atoms with Crippen LogP contribution in [0.15, 0.2) is 5.11 Å². The van der Waals surface area contributed by atoms with Gasteiger partial charge in [0.25, 0.3) is 0 Å². The van der Waals surface area contributed by atoms with E-state index in [1.807, 2.05) is 0 Å². The quantitative estimate of drug-likeness (QED) is 0.398. The zero-order valence-electron chi connectivity index (χ0n) is 8.03. The molecule has 1 fully saturated rings. The number of rotatable bonds is 3. The number of ether oxygens (including phenoxy) is 3. The summed E-state index contributed by atoms with van der Waals surface area (Å²) in [5.74, 6) is 0. The molecule has 1 rings (SSSR count). The molecule has 0 saturated carbocycles. The molecular formula is C7H13N3O4. The van der Waals surface area contributed by atoms with E-state index >= 15 is 0 Å². The highest BCUT2D eigenvalue weighted by molar-refractivity contribution is 4.88. The molecule has 0 bridgehead atoms. The molecule has 14 heavy (non-hydrogen) atoms. The summed E-state index contributed by atoms with van der Waals surface area (Å²) in [7, 11) is 2.86. The van der Waals surface area contributed by atoms with E-state index in [-0.39, 0.29) is 6.61 Å². The van der Waals surface area contributed by atoms with Crippen molar-refractivity contribution in [1.82, 2.24) is 0 Å². The molecule has 1 aliphatic rings. The van der Waals surface area contributed by atoms with E-state index in [1.54, 1.807) is 0 Å². The van der Waals surface area contributed by atoms with Crippen molar-refractivity contribution in [2.24, 2.45) is 5.11 Å². The van der Waals surface area contributed by atoms with Crippen molar-refractivity contribution in [1.29, 1.82) is 0 Å². The van der Waals surface area contributed by atoms with E-state index in [0.29, 0.717) is 0 Å². The van der Waals surface area contributed by atoms with E-state index < -0.39 is 24.5 Å². The van der Waals surface area contributed by atoms with Crippen LogP contribution in [0.4, 0.5) is 0 Å². The Bertz CT molecular complexity index is 231. The predicted molar refractivity (Wildman–Crippen MR) is 46.5 cm³/mol. The SMILES string of the molecule is CO[C@H]1OC[C@H](N=[N+]=[N-])[C@H](OC)[C@H]1O. The minimum atomic E-state index is -0.950. The van der Waals surface area contributed by atoms with Gasteiger partial charge in [-0.3, -0.25) is 0 Å². The van der Waals surface area contributed by atoms with Crippen molar-refractivity contribution >= 4 is 0 Å². The predicted octanol–water partition coefficient (Wildman–Crippen LogP) is 0.0439. The molecule has 80 valence electrons. The van der Waals surface area contributed by atoms with Gasteiger partial charge >= 0.3 is 0 Å². The molecule has 0 aromatic rings. The summed E-state index contributed by atoms with van der Waals surface area (Å²) < 4.78 is 15.0. The fourth-order valence-electron chi connectivity index (χ4n) is 1.44. The Hall–Kier alpha value is -0.850. The van der Waals surface area contributed by atoms with Gasteiger partial charge in [-0.2, -0.15) is 0 Å². The molecule has 0 aliphatic carbocycles. The normalized spacial score (nSPS) is 37.6. The van der Waals surface area contributed by atoms with E-state index in [2.05, 4.69) is 10.0 Å². The monoisotopic (exact) mass is 203 g/mol. The molecule has 7 heteroatoms. The number of hydrogen-bond acceptors (Lipinski definition) is 5. The minimum Gasteiger partial charge on any atom is -0.385 e. The lowest BCUT2D eigenvalue weighted by Gasteiger charge is -2.36. The first-order valence-corrected chi connectivity index (χ1v) is 4.14. The molecule has 0 radical (unpaired) electrons. The third-order valence-corrected chi connectivity index (χ3v) is 2.13. The van der Waals surface area contributed by atoms with Gasteiger partial charge in [-0.15, -0.1) is 0 Å². The molecule has 0 aromatic heterocycles. The number of azide groups is 1. The zero-order chi connectivity index (χ0) is 10.6. The van der Waals surface area contributed by atoms with Crippen molar-refractivity contribution in [2.45, 2.75) is 24.5 Å². The van der Waals surface area contributed by atoms with Gasteiger partial charge in [0.1, 0.15) is 6.10 Å². The molecule has 1 heterocycles. The largest absolute Gasteiger partial charge is 0.385 e. The summed E-state index contributed by atoms with van der Waals surface area (Å²) in [6.07, 6.45) is -2.27. The van der Waals surface area contributed by atoms with Crippen LogP contribution in [-0.2, 0) is 14.2 Å². The zero-order valence-corrected chi connectivity index (χ0v) is 8.03. The molecule has 0 amide bonds. The molecule has 4 atom stereocenters. The van der Waals surface area contributed by atoms with Gasteiger partial charge in [-0.1, -0.05) is 5.11 Å². The Kier molecular flexibility index (Phi) is 4.12. The summed E-state index contributed by atoms with van der Waals surface area (Å²) in [6, 6.07) is -0.522. The average molecular weight is 203 g/mol. The van der Waals surface area contributed by atoms with Crippen LogP contribution in [0.2, 0.25) is 0 Å². The van der Waals surface area contributed by atoms with Gasteiger partial charge in [0.15, 0.2) is 6.29 Å². The Morgan fingerprint density at radius 1 is 1.50 bits per heavy atom. The highest BCUT2D eigenvalue weighted by Crippen LogP contribution is 2.20. The Balaban J connectivity index is 2.71. The number of hydrogen-bond donors (Lipinski definition) is 1. The van der Waals surface area contributed by atoms with Crippen molar-refractivity contribution in [3.8, 4) is 0 Å². The molecule has 1 saturated heterocycles. The first-order valence-electron chi connectivity index (χ1n) is 4.14. The summed E-state index contributed by atoms with van der Waals surface area (Å²) in [6.45, 7) is 0.179. The lowest BCUT2D eigenvalue weighted by atomic mass is 10.0. The van der Waals surface area contributed by atoms with Gasteiger partial charge in [-0.25, -0.2) is 0 Å².